The van der Waals surface area contributed by atoms with Crippen LogP contribution < -0.4 is 10.6 Å². The fourth-order valence-electron chi connectivity index (χ4n) is 2.35. The molecule has 0 saturated carbocycles. The first-order valence-electron chi connectivity index (χ1n) is 7.92. The van der Waals surface area contributed by atoms with Crippen LogP contribution in [0.15, 0.2) is 41.8 Å². The van der Waals surface area contributed by atoms with Crippen molar-refractivity contribution in [3.8, 4) is 0 Å². The average molecular weight is 385 g/mol. The summed E-state index contributed by atoms with van der Waals surface area (Å²) in [4.78, 5) is 23.2. The van der Waals surface area contributed by atoms with E-state index in [0.717, 1.165) is 28.6 Å². The van der Waals surface area contributed by atoms with Gasteiger partial charge in [-0.3, -0.25) is 9.59 Å². The molecule has 8 nitrogen and oxygen atoms in total. The largest absolute Gasteiger partial charge is 0.360 e. The maximum Gasteiger partial charge on any atom is 0.309 e. The highest BCUT2D eigenvalue weighted by Gasteiger charge is 2.34. The van der Waals surface area contributed by atoms with Crippen LogP contribution in [0.25, 0.3) is 0 Å². The zero-order valence-corrected chi connectivity index (χ0v) is 14.8. The van der Waals surface area contributed by atoms with Crippen molar-refractivity contribution >= 4 is 21.8 Å². The van der Waals surface area contributed by atoms with E-state index in [1.54, 1.807) is 0 Å². The van der Waals surface area contributed by atoms with Crippen molar-refractivity contribution in [3.05, 3.63) is 42.7 Å². The molecule has 2 amide bonds. The molecule has 142 valence electrons. The monoisotopic (exact) mass is 385 g/mol. The Hall–Kier alpha value is -2.30. The van der Waals surface area contributed by atoms with Gasteiger partial charge in [-0.15, -0.1) is 6.58 Å². The van der Waals surface area contributed by atoms with Crippen LogP contribution in [0.3, 0.4) is 0 Å². The van der Waals surface area contributed by atoms with Crippen LogP contribution in [-0.2, 0) is 24.3 Å². The van der Waals surface area contributed by atoms with E-state index >= 15 is 0 Å². The third-order valence-electron chi connectivity index (χ3n) is 3.62. The second kappa shape index (κ2) is 8.88. The first-order chi connectivity index (χ1) is 12.4. The van der Waals surface area contributed by atoms with Crippen LogP contribution in [0.2, 0.25) is 0 Å². The fraction of sp³-hybridized carbons (Fsp3) is 0.375. The fourth-order valence-corrected chi connectivity index (χ4v) is 3.92. The van der Waals surface area contributed by atoms with Crippen molar-refractivity contribution in [3.63, 3.8) is 0 Å². The van der Waals surface area contributed by atoms with Crippen molar-refractivity contribution in [2.45, 2.75) is 17.5 Å². The topological polar surface area (TPSA) is 105 Å². The summed E-state index contributed by atoms with van der Waals surface area (Å²) < 4.78 is 45.1. The molecule has 2 N–H and O–H groups in total. The van der Waals surface area contributed by atoms with Gasteiger partial charge in [0, 0.05) is 13.1 Å². The summed E-state index contributed by atoms with van der Waals surface area (Å²) in [5.41, 5.74) is 0. The van der Waals surface area contributed by atoms with Crippen LogP contribution in [0.4, 0.5) is 4.39 Å². The van der Waals surface area contributed by atoms with Crippen molar-refractivity contribution < 1.29 is 27.1 Å². The van der Waals surface area contributed by atoms with Gasteiger partial charge in [-0.1, -0.05) is 6.08 Å². The lowest BCUT2D eigenvalue weighted by Gasteiger charge is -2.34. The van der Waals surface area contributed by atoms with Gasteiger partial charge in [-0.05, 0) is 30.7 Å². The van der Waals surface area contributed by atoms with Gasteiger partial charge in [0.15, 0.2) is 0 Å². The van der Waals surface area contributed by atoms with E-state index < -0.39 is 33.9 Å². The van der Waals surface area contributed by atoms with Crippen molar-refractivity contribution in [2.75, 3.05) is 26.2 Å². The molecule has 1 heterocycles. The Morgan fingerprint density at radius 2 is 1.92 bits per heavy atom. The zero-order chi connectivity index (χ0) is 19.2. The van der Waals surface area contributed by atoms with Gasteiger partial charge in [-0.25, -0.2) is 12.8 Å². The molecule has 0 radical (unpaired) electrons. The normalized spacial score (nSPS) is 18.1. The molecule has 1 unspecified atom stereocenters. The van der Waals surface area contributed by atoms with E-state index in [9.17, 15) is 22.4 Å². The summed E-state index contributed by atoms with van der Waals surface area (Å²) in [5, 5.41) is 4.66. The number of hydrogen-bond acceptors (Lipinski definition) is 5. The number of carbonyl (C=O) groups is 2. The van der Waals surface area contributed by atoms with E-state index in [0.29, 0.717) is 13.0 Å². The maximum atomic E-state index is 13.0. The second-order valence-electron chi connectivity index (χ2n) is 5.46. The average Bonchev–Trinajstić information content (AvgIpc) is 2.64. The molecule has 10 heteroatoms. The molecule has 0 aromatic heterocycles. The Bertz CT molecular complexity index is 767. The summed E-state index contributed by atoms with van der Waals surface area (Å²) in [6, 6.07) is 4.44. The lowest BCUT2D eigenvalue weighted by atomic mass is 10.3. The predicted octanol–water partition coefficient (Wildman–Crippen LogP) is -0.0188. The van der Waals surface area contributed by atoms with E-state index in [2.05, 4.69) is 17.2 Å². The van der Waals surface area contributed by atoms with Crippen LogP contribution in [0, 0.1) is 5.82 Å². The van der Waals surface area contributed by atoms with Crippen LogP contribution >= 0.6 is 0 Å². The first kappa shape index (κ1) is 20.0. The SMILES string of the molecule is C=CCNC(=O)C(=O)NCC1OCCCN1S(=O)(=O)c1ccc(F)cc1. The Morgan fingerprint density at radius 1 is 1.27 bits per heavy atom. The third-order valence-corrected chi connectivity index (χ3v) is 5.53. The highest BCUT2D eigenvalue weighted by molar-refractivity contribution is 7.89. The van der Waals surface area contributed by atoms with Crippen molar-refractivity contribution in [1.82, 2.24) is 14.9 Å². The molecular weight excluding hydrogens is 365 g/mol. The minimum absolute atomic E-state index is 0.0792. The minimum Gasteiger partial charge on any atom is -0.360 e. The number of nitrogens with zero attached hydrogens (tertiary/aromatic N) is 1. The number of rotatable bonds is 6. The Kier molecular flexibility index (Phi) is 6.83. The molecule has 0 bridgehead atoms. The first-order valence-corrected chi connectivity index (χ1v) is 9.36. The number of carbonyl (C=O) groups excluding carboxylic acids is 2. The molecule has 2 rings (SSSR count). The Morgan fingerprint density at radius 3 is 2.58 bits per heavy atom. The molecule has 1 aromatic rings. The Balaban J connectivity index is 2.07. The number of ether oxygens (including phenoxy) is 1. The van der Waals surface area contributed by atoms with Gasteiger partial charge < -0.3 is 15.4 Å². The molecule has 0 spiro atoms. The van der Waals surface area contributed by atoms with Gasteiger partial charge >= 0.3 is 11.8 Å². The van der Waals surface area contributed by atoms with Gasteiger partial charge in [0.05, 0.1) is 18.0 Å². The number of benzene rings is 1. The minimum atomic E-state index is -3.93. The van der Waals surface area contributed by atoms with Gasteiger partial charge in [0.1, 0.15) is 12.0 Å². The van der Waals surface area contributed by atoms with Crippen LogP contribution in [-0.4, -0.2) is 57.0 Å². The molecule has 1 fully saturated rings. The smallest absolute Gasteiger partial charge is 0.309 e. The molecule has 1 aliphatic rings. The summed E-state index contributed by atoms with van der Waals surface area (Å²) in [5.74, 6) is -2.30. The zero-order valence-electron chi connectivity index (χ0n) is 14.0. The van der Waals surface area contributed by atoms with E-state index in [1.807, 2.05) is 0 Å². The lowest BCUT2D eigenvalue weighted by Crippen LogP contribution is -2.53. The molecular formula is C16H20FN3O5S. The summed E-state index contributed by atoms with van der Waals surface area (Å²) in [6.45, 7) is 3.86. The van der Waals surface area contributed by atoms with Crippen molar-refractivity contribution in [2.24, 2.45) is 0 Å². The standard InChI is InChI=1S/C16H20FN3O5S/c1-2-8-18-15(21)16(22)19-11-14-20(9-3-10-25-14)26(23,24)13-6-4-12(17)5-7-13/h2,4-7,14H,1,3,8-11H2,(H,18,21)(H,19,22). The Labute approximate surface area is 151 Å². The van der Waals surface area contributed by atoms with E-state index in [-0.39, 0.29) is 24.5 Å². The van der Waals surface area contributed by atoms with E-state index in [1.165, 1.54) is 6.08 Å². The third kappa shape index (κ3) is 4.87. The number of hydrogen-bond donors (Lipinski definition) is 2. The molecule has 0 aliphatic carbocycles. The lowest BCUT2D eigenvalue weighted by molar-refractivity contribution is -0.140. The second-order valence-corrected chi connectivity index (χ2v) is 7.35. The predicted molar refractivity (Wildman–Crippen MR) is 90.9 cm³/mol. The quantitative estimate of drug-likeness (QED) is 0.529. The summed E-state index contributed by atoms with van der Waals surface area (Å²) in [6.07, 6.45) is 0.937. The van der Waals surface area contributed by atoms with Crippen LogP contribution in [0.5, 0.6) is 0 Å². The molecule has 1 atom stereocenters. The number of nitrogens with one attached hydrogen (secondary N) is 2. The highest BCUT2D eigenvalue weighted by atomic mass is 32.2. The number of amides is 2. The number of halogens is 1. The highest BCUT2D eigenvalue weighted by Crippen LogP contribution is 2.22. The van der Waals surface area contributed by atoms with Gasteiger partial charge in [0.25, 0.3) is 0 Å². The number of sulfonamides is 1. The van der Waals surface area contributed by atoms with E-state index in [4.69, 9.17) is 4.74 Å². The van der Waals surface area contributed by atoms with Gasteiger partial charge in [0.2, 0.25) is 10.0 Å². The summed E-state index contributed by atoms with van der Waals surface area (Å²) >= 11 is 0. The summed E-state index contributed by atoms with van der Waals surface area (Å²) in [7, 11) is -3.93. The van der Waals surface area contributed by atoms with Crippen LogP contribution in [0.1, 0.15) is 6.42 Å². The molecule has 26 heavy (non-hydrogen) atoms. The van der Waals surface area contributed by atoms with Crippen molar-refractivity contribution in [1.29, 1.82) is 0 Å². The van der Waals surface area contributed by atoms with Gasteiger partial charge in [-0.2, -0.15) is 4.31 Å². The molecule has 1 aliphatic heterocycles. The molecule has 1 saturated heterocycles. The maximum absolute atomic E-state index is 13.0. The molecule has 1 aromatic carbocycles.